The van der Waals surface area contributed by atoms with Gasteiger partial charge in [0, 0.05) is 19.6 Å². The first-order valence-electron chi connectivity index (χ1n) is 8.74. The smallest absolute Gasteiger partial charge is 0.244 e. The molecule has 1 amide bonds. The van der Waals surface area contributed by atoms with Crippen LogP contribution in [0.3, 0.4) is 0 Å². The Morgan fingerprint density at radius 3 is 2.73 bits per heavy atom. The summed E-state index contributed by atoms with van der Waals surface area (Å²) in [5.74, 6) is 0.139. The average molecular weight is 422 g/mol. The molecule has 2 aliphatic rings. The van der Waals surface area contributed by atoms with Gasteiger partial charge in [0.05, 0.1) is 11.1 Å². The molecule has 2 heterocycles. The van der Waals surface area contributed by atoms with Crippen LogP contribution in [-0.4, -0.2) is 50.9 Å². The molecule has 2 atom stereocenters. The lowest BCUT2D eigenvalue weighted by molar-refractivity contribution is -0.123. The highest BCUT2D eigenvalue weighted by molar-refractivity contribution is 7.89. The number of amides is 1. The first kappa shape index (κ1) is 21.4. The molecule has 0 bridgehead atoms. The van der Waals surface area contributed by atoms with Crippen molar-refractivity contribution in [2.45, 2.75) is 36.6 Å². The number of halogens is 2. The SMILES string of the molecule is Cl.O=C(NCC1CCCN(S(=O)(=O)c2ccccc2Cl)C1)C1CCCN1. The van der Waals surface area contributed by atoms with Crippen molar-refractivity contribution in [3.05, 3.63) is 29.3 Å². The van der Waals surface area contributed by atoms with Crippen LogP contribution in [0, 0.1) is 5.92 Å². The van der Waals surface area contributed by atoms with Crippen LogP contribution in [0.2, 0.25) is 5.02 Å². The summed E-state index contributed by atoms with van der Waals surface area (Å²) in [6, 6.07) is 6.41. The van der Waals surface area contributed by atoms with Crippen molar-refractivity contribution in [2.24, 2.45) is 5.92 Å². The molecule has 2 fully saturated rings. The van der Waals surface area contributed by atoms with E-state index in [1.54, 1.807) is 18.2 Å². The Bertz CT molecular complexity index is 724. The maximum Gasteiger partial charge on any atom is 0.244 e. The van der Waals surface area contributed by atoms with Crippen LogP contribution < -0.4 is 10.6 Å². The number of piperidine rings is 1. The number of sulfonamides is 1. The number of hydrogen-bond acceptors (Lipinski definition) is 4. The molecule has 0 spiro atoms. The number of carbonyl (C=O) groups is 1. The molecule has 146 valence electrons. The van der Waals surface area contributed by atoms with Crippen molar-refractivity contribution in [1.82, 2.24) is 14.9 Å². The highest BCUT2D eigenvalue weighted by Crippen LogP contribution is 2.27. The second kappa shape index (κ2) is 9.37. The van der Waals surface area contributed by atoms with Gasteiger partial charge < -0.3 is 10.6 Å². The lowest BCUT2D eigenvalue weighted by Crippen LogP contribution is -2.46. The Morgan fingerprint density at radius 1 is 1.27 bits per heavy atom. The third-order valence-corrected chi connectivity index (χ3v) is 7.24. The summed E-state index contributed by atoms with van der Waals surface area (Å²) < 4.78 is 27.2. The largest absolute Gasteiger partial charge is 0.354 e. The molecule has 0 radical (unpaired) electrons. The zero-order valence-electron chi connectivity index (χ0n) is 14.5. The molecular weight excluding hydrogens is 397 g/mol. The average Bonchev–Trinajstić information content (AvgIpc) is 3.15. The summed E-state index contributed by atoms with van der Waals surface area (Å²) in [5, 5.41) is 6.38. The molecule has 9 heteroatoms. The molecule has 0 aliphatic carbocycles. The minimum Gasteiger partial charge on any atom is -0.354 e. The van der Waals surface area contributed by atoms with Gasteiger partial charge in [0.1, 0.15) is 4.90 Å². The van der Waals surface area contributed by atoms with E-state index in [4.69, 9.17) is 11.6 Å². The standard InChI is InChI=1S/C17H24ClN3O3S.ClH/c18-14-6-1-2-8-16(14)25(23,24)21-10-4-5-13(12-21)11-20-17(22)15-7-3-9-19-15;/h1-2,6,8,13,15,19H,3-5,7,9-12H2,(H,20,22);1H. The molecule has 2 unspecified atom stereocenters. The van der Waals surface area contributed by atoms with E-state index in [0.29, 0.717) is 19.6 Å². The van der Waals surface area contributed by atoms with E-state index in [9.17, 15) is 13.2 Å². The predicted molar refractivity (Wildman–Crippen MR) is 104 cm³/mol. The van der Waals surface area contributed by atoms with Crippen LogP contribution in [0.1, 0.15) is 25.7 Å². The Morgan fingerprint density at radius 2 is 2.04 bits per heavy atom. The van der Waals surface area contributed by atoms with Gasteiger partial charge in [0.25, 0.3) is 0 Å². The third-order valence-electron chi connectivity index (χ3n) is 4.88. The molecule has 2 saturated heterocycles. The van der Waals surface area contributed by atoms with E-state index in [1.165, 1.54) is 10.4 Å². The van der Waals surface area contributed by atoms with E-state index in [2.05, 4.69) is 10.6 Å². The topological polar surface area (TPSA) is 78.5 Å². The van der Waals surface area contributed by atoms with Gasteiger partial charge in [-0.2, -0.15) is 4.31 Å². The monoisotopic (exact) mass is 421 g/mol. The fraction of sp³-hybridized carbons (Fsp3) is 0.588. The number of nitrogens with one attached hydrogen (secondary N) is 2. The highest BCUT2D eigenvalue weighted by atomic mass is 35.5. The molecule has 3 rings (SSSR count). The molecule has 26 heavy (non-hydrogen) atoms. The van der Waals surface area contributed by atoms with E-state index in [1.807, 2.05) is 0 Å². The second-order valence-electron chi connectivity index (χ2n) is 6.70. The molecule has 0 aromatic heterocycles. The van der Waals surface area contributed by atoms with Crippen LogP contribution in [0.5, 0.6) is 0 Å². The molecule has 1 aromatic rings. The van der Waals surface area contributed by atoms with Gasteiger partial charge in [0.2, 0.25) is 15.9 Å². The lowest BCUT2D eigenvalue weighted by Gasteiger charge is -2.32. The Kier molecular flexibility index (Phi) is 7.73. The molecule has 6 nitrogen and oxygen atoms in total. The summed E-state index contributed by atoms with van der Waals surface area (Å²) in [6.07, 6.45) is 3.58. The van der Waals surface area contributed by atoms with Gasteiger partial charge in [-0.3, -0.25) is 4.79 Å². The lowest BCUT2D eigenvalue weighted by atomic mass is 9.99. The van der Waals surface area contributed by atoms with Crippen LogP contribution in [0.15, 0.2) is 29.2 Å². The Labute approximate surface area is 166 Å². The van der Waals surface area contributed by atoms with E-state index in [0.717, 1.165) is 32.2 Å². The van der Waals surface area contributed by atoms with Crippen LogP contribution in [-0.2, 0) is 14.8 Å². The quantitative estimate of drug-likeness (QED) is 0.761. The van der Waals surface area contributed by atoms with Gasteiger partial charge in [-0.05, 0) is 50.3 Å². The summed E-state index contributed by atoms with van der Waals surface area (Å²) in [7, 11) is -3.60. The molecule has 1 aromatic carbocycles. The molecule has 0 saturated carbocycles. The first-order valence-corrected chi connectivity index (χ1v) is 10.6. The first-order chi connectivity index (χ1) is 12.0. The maximum absolute atomic E-state index is 12.8. The number of carbonyl (C=O) groups excluding carboxylic acids is 1. The Hall–Kier alpha value is -0.860. The number of hydrogen-bond donors (Lipinski definition) is 2. The van der Waals surface area contributed by atoms with Gasteiger partial charge >= 0.3 is 0 Å². The molecule has 2 N–H and O–H groups in total. The normalized spacial score (nSPS) is 24.0. The second-order valence-corrected chi connectivity index (χ2v) is 9.01. The maximum atomic E-state index is 12.8. The van der Waals surface area contributed by atoms with E-state index >= 15 is 0 Å². The molecule has 2 aliphatic heterocycles. The van der Waals surface area contributed by atoms with Crippen molar-refractivity contribution in [1.29, 1.82) is 0 Å². The van der Waals surface area contributed by atoms with E-state index < -0.39 is 10.0 Å². The molecular formula is C17H25Cl2N3O3S. The Balaban J connectivity index is 0.00000243. The van der Waals surface area contributed by atoms with Crippen molar-refractivity contribution in [3.63, 3.8) is 0 Å². The zero-order chi connectivity index (χ0) is 17.9. The van der Waals surface area contributed by atoms with Crippen LogP contribution >= 0.6 is 24.0 Å². The van der Waals surface area contributed by atoms with Crippen molar-refractivity contribution in [2.75, 3.05) is 26.2 Å². The van der Waals surface area contributed by atoms with Gasteiger partial charge in [-0.1, -0.05) is 23.7 Å². The van der Waals surface area contributed by atoms with Crippen molar-refractivity contribution >= 4 is 39.9 Å². The summed E-state index contributed by atoms with van der Waals surface area (Å²) in [5.41, 5.74) is 0. The minimum atomic E-state index is -3.60. The van der Waals surface area contributed by atoms with Crippen molar-refractivity contribution < 1.29 is 13.2 Å². The van der Waals surface area contributed by atoms with Crippen molar-refractivity contribution in [3.8, 4) is 0 Å². The fourth-order valence-electron chi connectivity index (χ4n) is 3.48. The van der Waals surface area contributed by atoms with Gasteiger partial charge in [-0.25, -0.2) is 8.42 Å². The van der Waals surface area contributed by atoms with Gasteiger partial charge in [-0.15, -0.1) is 12.4 Å². The minimum absolute atomic E-state index is 0. The highest BCUT2D eigenvalue weighted by Gasteiger charge is 2.32. The number of benzene rings is 1. The predicted octanol–water partition coefficient (Wildman–Crippen LogP) is 2.03. The fourth-order valence-corrected chi connectivity index (χ4v) is 5.53. The summed E-state index contributed by atoms with van der Waals surface area (Å²) in [4.78, 5) is 12.3. The van der Waals surface area contributed by atoms with E-state index in [-0.39, 0.29) is 40.2 Å². The number of rotatable bonds is 5. The van der Waals surface area contributed by atoms with Crippen LogP contribution in [0.4, 0.5) is 0 Å². The van der Waals surface area contributed by atoms with Crippen LogP contribution in [0.25, 0.3) is 0 Å². The van der Waals surface area contributed by atoms with Gasteiger partial charge in [0.15, 0.2) is 0 Å². The third kappa shape index (κ3) is 4.89. The summed E-state index contributed by atoms with van der Waals surface area (Å²) in [6.45, 7) is 2.28. The summed E-state index contributed by atoms with van der Waals surface area (Å²) >= 11 is 6.07. The zero-order valence-corrected chi connectivity index (χ0v) is 16.9. The number of nitrogens with zero attached hydrogens (tertiary/aromatic N) is 1.